The molecule has 0 aromatic carbocycles. The highest BCUT2D eigenvalue weighted by molar-refractivity contribution is 7.89. The Hall–Kier alpha value is -1.35. The molecule has 0 saturated heterocycles. The molecule has 0 bridgehead atoms. The molecule has 5 nitrogen and oxygen atoms in total. The number of rotatable bonds is 4. The van der Waals surface area contributed by atoms with Crippen LogP contribution >= 0.6 is 0 Å². The van der Waals surface area contributed by atoms with Gasteiger partial charge in [-0.25, -0.2) is 17.7 Å². The number of hydrogen-bond donors (Lipinski definition) is 1. The first kappa shape index (κ1) is 14.7. The molecular formula is C9H12F3N3O2S. The highest BCUT2D eigenvalue weighted by Crippen LogP contribution is 2.23. The minimum atomic E-state index is -4.41. The van der Waals surface area contributed by atoms with Gasteiger partial charge < -0.3 is 5.73 Å². The summed E-state index contributed by atoms with van der Waals surface area (Å²) in [4.78, 5) is 3.29. The van der Waals surface area contributed by atoms with Gasteiger partial charge in [0.15, 0.2) is 0 Å². The average molecular weight is 283 g/mol. The first-order chi connectivity index (χ1) is 8.14. The summed E-state index contributed by atoms with van der Waals surface area (Å²) in [5, 5.41) is 0. The van der Waals surface area contributed by atoms with E-state index < -0.39 is 29.2 Å². The van der Waals surface area contributed by atoms with Gasteiger partial charge in [0.2, 0.25) is 10.0 Å². The number of halogens is 3. The van der Waals surface area contributed by atoms with E-state index in [1.54, 1.807) is 0 Å². The molecule has 0 spiro atoms. The van der Waals surface area contributed by atoms with E-state index in [2.05, 4.69) is 4.98 Å². The molecule has 2 N–H and O–H groups in total. The summed E-state index contributed by atoms with van der Waals surface area (Å²) in [7, 11) is -2.98. The molecule has 0 aliphatic rings. The second-order valence-corrected chi connectivity index (χ2v) is 5.59. The van der Waals surface area contributed by atoms with Gasteiger partial charge >= 0.3 is 6.18 Å². The Morgan fingerprint density at radius 1 is 1.44 bits per heavy atom. The van der Waals surface area contributed by atoms with Crippen LogP contribution in [0, 0.1) is 0 Å². The molecule has 0 radical (unpaired) electrons. The fraction of sp³-hybridized carbons (Fsp3) is 0.444. The van der Waals surface area contributed by atoms with Crippen molar-refractivity contribution >= 4 is 15.8 Å². The lowest BCUT2D eigenvalue weighted by molar-refractivity contribution is -0.135. The molecule has 0 fully saturated rings. The summed E-state index contributed by atoms with van der Waals surface area (Å²) in [6, 6.07) is 2.54. The van der Waals surface area contributed by atoms with Crippen LogP contribution in [0.4, 0.5) is 19.0 Å². The molecule has 1 aromatic rings. The van der Waals surface area contributed by atoms with Crippen LogP contribution < -0.4 is 5.73 Å². The van der Waals surface area contributed by atoms with Crippen LogP contribution in [-0.2, 0) is 10.0 Å². The summed E-state index contributed by atoms with van der Waals surface area (Å²) in [6.07, 6.45) is -4.34. The van der Waals surface area contributed by atoms with Crippen LogP contribution in [0.5, 0.6) is 0 Å². The van der Waals surface area contributed by atoms with Crippen LogP contribution in [0.3, 0.4) is 0 Å². The van der Waals surface area contributed by atoms with Crippen molar-refractivity contribution in [3.05, 3.63) is 18.3 Å². The lowest BCUT2D eigenvalue weighted by atomic mass is 10.4. The van der Waals surface area contributed by atoms with Crippen molar-refractivity contribution < 1.29 is 21.6 Å². The van der Waals surface area contributed by atoms with Crippen LogP contribution in [0.25, 0.3) is 0 Å². The number of pyridine rings is 1. The Morgan fingerprint density at radius 2 is 2.06 bits per heavy atom. The molecule has 1 aromatic heterocycles. The number of hydrogen-bond acceptors (Lipinski definition) is 4. The minimum absolute atomic E-state index is 0.239. The summed E-state index contributed by atoms with van der Waals surface area (Å²) >= 11 is 0. The number of nitrogens with zero attached hydrogens (tertiary/aromatic N) is 2. The van der Waals surface area contributed by atoms with E-state index in [1.165, 1.54) is 18.3 Å². The van der Waals surface area contributed by atoms with Gasteiger partial charge in [-0.3, -0.25) is 0 Å². The zero-order chi connectivity index (χ0) is 14.0. The zero-order valence-corrected chi connectivity index (χ0v) is 10.3. The fourth-order valence-corrected chi connectivity index (χ4v) is 2.43. The van der Waals surface area contributed by atoms with Gasteiger partial charge in [0.05, 0.1) is 6.42 Å². The third-order valence-electron chi connectivity index (χ3n) is 2.20. The van der Waals surface area contributed by atoms with Crippen molar-refractivity contribution in [1.29, 1.82) is 0 Å². The van der Waals surface area contributed by atoms with Gasteiger partial charge in [0.25, 0.3) is 0 Å². The number of anilines is 1. The zero-order valence-electron chi connectivity index (χ0n) is 9.48. The molecule has 102 valence electrons. The van der Waals surface area contributed by atoms with E-state index >= 15 is 0 Å². The molecule has 9 heteroatoms. The van der Waals surface area contributed by atoms with Crippen LogP contribution in [0.15, 0.2) is 23.2 Å². The number of sulfonamides is 1. The minimum Gasteiger partial charge on any atom is -0.383 e. The predicted octanol–water partition coefficient (Wildman–Crippen LogP) is 1.24. The highest BCUT2D eigenvalue weighted by atomic mass is 32.2. The molecule has 0 unspecified atom stereocenters. The van der Waals surface area contributed by atoms with E-state index in [0.717, 1.165) is 7.05 Å². The van der Waals surface area contributed by atoms with E-state index in [9.17, 15) is 21.6 Å². The molecule has 1 heterocycles. The number of nitrogen functional groups attached to an aromatic ring is 1. The molecule has 0 aliphatic carbocycles. The van der Waals surface area contributed by atoms with Crippen molar-refractivity contribution in [2.45, 2.75) is 17.5 Å². The summed E-state index contributed by atoms with van der Waals surface area (Å²) in [5.74, 6) is -0.239. The lowest BCUT2D eigenvalue weighted by Crippen LogP contribution is -2.31. The van der Waals surface area contributed by atoms with Crippen LogP contribution in [-0.4, -0.2) is 37.5 Å². The summed E-state index contributed by atoms with van der Waals surface area (Å²) in [5.41, 5.74) is 5.39. The number of alkyl halides is 3. The van der Waals surface area contributed by atoms with Crippen LogP contribution in [0.2, 0.25) is 0 Å². The van der Waals surface area contributed by atoms with E-state index in [4.69, 9.17) is 5.73 Å². The Morgan fingerprint density at radius 3 is 2.56 bits per heavy atom. The topological polar surface area (TPSA) is 76.3 Å². The van der Waals surface area contributed by atoms with Gasteiger partial charge in [0, 0.05) is 19.8 Å². The Labute approximate surface area is 102 Å². The van der Waals surface area contributed by atoms with Crippen molar-refractivity contribution in [1.82, 2.24) is 9.29 Å². The van der Waals surface area contributed by atoms with Gasteiger partial charge in [0.1, 0.15) is 10.7 Å². The fourth-order valence-electron chi connectivity index (χ4n) is 1.19. The molecular weight excluding hydrogens is 271 g/mol. The maximum Gasteiger partial charge on any atom is 0.390 e. The molecule has 0 saturated carbocycles. The van der Waals surface area contributed by atoms with Gasteiger partial charge in [-0.2, -0.15) is 13.2 Å². The smallest absolute Gasteiger partial charge is 0.383 e. The monoisotopic (exact) mass is 283 g/mol. The van der Waals surface area contributed by atoms with Crippen molar-refractivity contribution in [2.75, 3.05) is 19.3 Å². The summed E-state index contributed by atoms with van der Waals surface area (Å²) < 4.78 is 60.5. The molecule has 0 aliphatic heterocycles. The van der Waals surface area contributed by atoms with Crippen molar-refractivity contribution in [3.8, 4) is 0 Å². The maximum absolute atomic E-state index is 12.0. The standard InChI is InChI=1S/C9H12F3N3O2S/c1-15(6-4-9(10,11)12)18(16,17)7-3-2-5-14-8(7)13/h2-3,5H,4,6H2,1H3,(H2,13,14). The van der Waals surface area contributed by atoms with Gasteiger partial charge in [-0.1, -0.05) is 0 Å². The Kier molecular flexibility index (Phi) is 4.17. The van der Waals surface area contributed by atoms with Crippen molar-refractivity contribution in [3.63, 3.8) is 0 Å². The highest BCUT2D eigenvalue weighted by Gasteiger charge is 2.31. The molecule has 0 amide bonds. The van der Waals surface area contributed by atoms with E-state index in [0.29, 0.717) is 4.31 Å². The van der Waals surface area contributed by atoms with E-state index in [1.807, 2.05) is 0 Å². The Balaban J connectivity index is 2.91. The average Bonchev–Trinajstić information content (AvgIpc) is 2.25. The van der Waals surface area contributed by atoms with E-state index in [-0.39, 0.29) is 10.7 Å². The lowest BCUT2D eigenvalue weighted by Gasteiger charge is -2.18. The molecule has 0 atom stereocenters. The van der Waals surface area contributed by atoms with Crippen molar-refractivity contribution in [2.24, 2.45) is 0 Å². The SMILES string of the molecule is CN(CCC(F)(F)F)S(=O)(=O)c1cccnc1N. The quantitative estimate of drug-likeness (QED) is 0.902. The first-order valence-corrected chi connectivity index (χ1v) is 6.32. The van der Waals surface area contributed by atoms with Gasteiger partial charge in [-0.05, 0) is 12.1 Å². The van der Waals surface area contributed by atoms with Gasteiger partial charge in [-0.15, -0.1) is 0 Å². The second-order valence-electron chi connectivity index (χ2n) is 3.58. The first-order valence-electron chi connectivity index (χ1n) is 4.88. The summed E-state index contributed by atoms with van der Waals surface area (Å²) in [6.45, 7) is -0.667. The number of aromatic nitrogens is 1. The largest absolute Gasteiger partial charge is 0.390 e. The molecule has 1 rings (SSSR count). The maximum atomic E-state index is 12.0. The predicted molar refractivity (Wildman–Crippen MR) is 59.1 cm³/mol. The third kappa shape index (κ3) is 3.57. The normalized spacial score (nSPS) is 12.9. The Bertz CT molecular complexity index is 516. The third-order valence-corrected chi connectivity index (χ3v) is 4.10. The number of nitrogens with two attached hydrogens (primary N) is 1. The second kappa shape index (κ2) is 5.11. The molecule has 18 heavy (non-hydrogen) atoms. The van der Waals surface area contributed by atoms with Crippen LogP contribution in [0.1, 0.15) is 6.42 Å².